The van der Waals surface area contributed by atoms with E-state index in [4.69, 9.17) is 0 Å². The van der Waals surface area contributed by atoms with Crippen LogP contribution in [-0.4, -0.2) is 23.3 Å². The predicted molar refractivity (Wildman–Crippen MR) is 73.7 cm³/mol. The summed E-state index contributed by atoms with van der Waals surface area (Å²) in [5.41, 5.74) is 1.32. The van der Waals surface area contributed by atoms with Gasteiger partial charge in [0, 0.05) is 5.69 Å². The van der Waals surface area contributed by atoms with Crippen molar-refractivity contribution >= 4 is 11.7 Å². The van der Waals surface area contributed by atoms with E-state index < -0.39 is 5.54 Å². The van der Waals surface area contributed by atoms with Crippen LogP contribution in [0.25, 0.3) is 0 Å². The van der Waals surface area contributed by atoms with Crippen LogP contribution in [-0.2, 0) is 0 Å². The normalized spacial score (nSPS) is 13.8. The largest absolute Gasteiger partial charge is 0.394 e. The summed E-state index contributed by atoms with van der Waals surface area (Å²) in [6.07, 6.45) is 1.65. The number of benzene rings is 1. The van der Waals surface area contributed by atoms with Crippen molar-refractivity contribution in [3.05, 3.63) is 29.8 Å². The van der Waals surface area contributed by atoms with Crippen LogP contribution in [0.2, 0.25) is 0 Å². The van der Waals surface area contributed by atoms with Gasteiger partial charge in [0.1, 0.15) is 0 Å². The first-order chi connectivity index (χ1) is 8.49. The average Bonchev–Trinajstić information content (AvgIpc) is 2.32. The molecular formula is C14H22N2O2. The first-order valence-corrected chi connectivity index (χ1v) is 6.26. The Hall–Kier alpha value is -1.55. The van der Waals surface area contributed by atoms with Crippen molar-refractivity contribution < 1.29 is 9.90 Å². The summed E-state index contributed by atoms with van der Waals surface area (Å²) in [6, 6.07) is 7.29. The summed E-state index contributed by atoms with van der Waals surface area (Å²) < 4.78 is 0. The van der Waals surface area contributed by atoms with Crippen molar-refractivity contribution in [3.8, 4) is 0 Å². The van der Waals surface area contributed by atoms with E-state index in [1.165, 1.54) is 0 Å². The molecule has 0 saturated carbocycles. The summed E-state index contributed by atoms with van der Waals surface area (Å²) in [6.45, 7) is 5.79. The molecule has 4 heteroatoms. The molecule has 0 aliphatic carbocycles. The minimum Gasteiger partial charge on any atom is -0.394 e. The fourth-order valence-corrected chi connectivity index (χ4v) is 1.81. The third-order valence-corrected chi connectivity index (χ3v) is 2.88. The molecular weight excluding hydrogens is 228 g/mol. The van der Waals surface area contributed by atoms with Crippen LogP contribution in [0, 0.1) is 6.92 Å². The summed E-state index contributed by atoms with van der Waals surface area (Å²) >= 11 is 0. The average molecular weight is 250 g/mol. The second-order valence-corrected chi connectivity index (χ2v) is 4.91. The first kappa shape index (κ1) is 14.5. The molecule has 18 heavy (non-hydrogen) atoms. The van der Waals surface area contributed by atoms with Gasteiger partial charge in [-0.25, -0.2) is 4.79 Å². The maximum Gasteiger partial charge on any atom is 0.319 e. The van der Waals surface area contributed by atoms with Crippen LogP contribution in [0.5, 0.6) is 0 Å². The SMILES string of the molecule is CCCC(C)(CO)NC(=O)Nc1ccc(C)cc1. The molecule has 0 heterocycles. The Kier molecular flexibility index (Phi) is 5.16. The fourth-order valence-electron chi connectivity index (χ4n) is 1.81. The van der Waals surface area contributed by atoms with Crippen molar-refractivity contribution in [3.63, 3.8) is 0 Å². The molecule has 4 nitrogen and oxygen atoms in total. The standard InChI is InChI=1S/C14H22N2O2/c1-4-9-14(3,10-17)16-13(18)15-12-7-5-11(2)6-8-12/h5-8,17H,4,9-10H2,1-3H3,(H2,15,16,18). The lowest BCUT2D eigenvalue weighted by atomic mass is 9.98. The van der Waals surface area contributed by atoms with Crippen LogP contribution in [0.1, 0.15) is 32.3 Å². The summed E-state index contributed by atoms with van der Waals surface area (Å²) in [5, 5.41) is 14.9. The molecule has 0 aliphatic heterocycles. The van der Waals surface area contributed by atoms with Gasteiger partial charge >= 0.3 is 6.03 Å². The molecule has 1 rings (SSSR count). The molecule has 1 unspecified atom stereocenters. The van der Waals surface area contributed by atoms with E-state index in [0.717, 1.165) is 24.1 Å². The molecule has 0 spiro atoms. The van der Waals surface area contributed by atoms with Crippen molar-refractivity contribution in [2.24, 2.45) is 0 Å². The van der Waals surface area contributed by atoms with E-state index >= 15 is 0 Å². The van der Waals surface area contributed by atoms with Gasteiger partial charge in [-0.3, -0.25) is 0 Å². The minimum atomic E-state index is -0.566. The highest BCUT2D eigenvalue weighted by molar-refractivity contribution is 5.89. The number of rotatable bonds is 5. The molecule has 3 N–H and O–H groups in total. The second-order valence-electron chi connectivity index (χ2n) is 4.91. The van der Waals surface area contributed by atoms with Gasteiger partial charge in [0.05, 0.1) is 12.1 Å². The Labute approximate surface area is 108 Å². The molecule has 0 saturated heterocycles. The number of aryl methyl sites for hydroxylation is 1. The number of amides is 2. The van der Waals surface area contributed by atoms with Crippen molar-refractivity contribution in [1.29, 1.82) is 0 Å². The van der Waals surface area contributed by atoms with Gasteiger partial charge in [-0.2, -0.15) is 0 Å². The molecule has 1 atom stereocenters. The Balaban J connectivity index is 2.58. The van der Waals surface area contributed by atoms with E-state index in [2.05, 4.69) is 10.6 Å². The molecule has 0 aliphatic rings. The maximum atomic E-state index is 11.8. The first-order valence-electron chi connectivity index (χ1n) is 6.26. The highest BCUT2D eigenvalue weighted by Gasteiger charge is 2.24. The number of hydrogen-bond donors (Lipinski definition) is 3. The quantitative estimate of drug-likeness (QED) is 0.752. The van der Waals surface area contributed by atoms with Gasteiger partial charge in [-0.1, -0.05) is 31.0 Å². The van der Waals surface area contributed by atoms with Crippen LogP contribution >= 0.6 is 0 Å². The number of urea groups is 1. The molecule has 1 aromatic rings. The van der Waals surface area contributed by atoms with Gasteiger partial charge in [-0.15, -0.1) is 0 Å². The molecule has 1 aromatic carbocycles. The minimum absolute atomic E-state index is 0.0673. The number of anilines is 1. The zero-order valence-corrected chi connectivity index (χ0v) is 11.3. The van der Waals surface area contributed by atoms with Gasteiger partial charge in [0.15, 0.2) is 0 Å². The monoisotopic (exact) mass is 250 g/mol. The lowest BCUT2D eigenvalue weighted by molar-refractivity contribution is 0.167. The van der Waals surface area contributed by atoms with Gasteiger partial charge in [0.2, 0.25) is 0 Å². The summed E-state index contributed by atoms with van der Waals surface area (Å²) in [7, 11) is 0. The van der Waals surface area contributed by atoms with Gasteiger partial charge < -0.3 is 15.7 Å². The van der Waals surface area contributed by atoms with Gasteiger partial charge in [0.25, 0.3) is 0 Å². The molecule has 2 amide bonds. The number of hydrogen-bond acceptors (Lipinski definition) is 2. The lowest BCUT2D eigenvalue weighted by Gasteiger charge is -2.28. The topological polar surface area (TPSA) is 61.4 Å². The van der Waals surface area contributed by atoms with E-state index in [0.29, 0.717) is 0 Å². The van der Waals surface area contributed by atoms with Crippen molar-refractivity contribution in [2.75, 3.05) is 11.9 Å². The second kappa shape index (κ2) is 6.40. The van der Waals surface area contributed by atoms with Gasteiger partial charge in [-0.05, 0) is 32.4 Å². The Morgan fingerprint density at radius 3 is 2.44 bits per heavy atom. The zero-order valence-electron chi connectivity index (χ0n) is 11.3. The lowest BCUT2D eigenvalue weighted by Crippen LogP contribution is -2.50. The molecule has 0 radical (unpaired) electrons. The number of aliphatic hydroxyl groups excluding tert-OH is 1. The predicted octanol–water partition coefficient (Wildman–Crippen LogP) is 2.67. The van der Waals surface area contributed by atoms with Crippen LogP contribution < -0.4 is 10.6 Å². The number of carbonyl (C=O) groups is 1. The smallest absolute Gasteiger partial charge is 0.319 e. The number of carbonyl (C=O) groups excluding carboxylic acids is 1. The maximum absolute atomic E-state index is 11.8. The number of nitrogens with one attached hydrogen (secondary N) is 2. The number of aliphatic hydroxyl groups is 1. The molecule has 0 fully saturated rings. The van der Waals surface area contributed by atoms with E-state index in [9.17, 15) is 9.90 Å². The van der Waals surface area contributed by atoms with Crippen molar-refractivity contribution in [1.82, 2.24) is 5.32 Å². The van der Waals surface area contributed by atoms with Crippen LogP contribution in [0.3, 0.4) is 0 Å². The van der Waals surface area contributed by atoms with E-state index in [1.807, 2.05) is 45.0 Å². The Morgan fingerprint density at radius 2 is 1.94 bits per heavy atom. The fraction of sp³-hybridized carbons (Fsp3) is 0.500. The third-order valence-electron chi connectivity index (χ3n) is 2.88. The summed E-state index contributed by atoms with van der Waals surface area (Å²) in [5.74, 6) is 0. The Bertz CT molecular complexity index is 389. The summed E-state index contributed by atoms with van der Waals surface area (Å²) in [4.78, 5) is 11.8. The van der Waals surface area contributed by atoms with Crippen molar-refractivity contribution in [2.45, 2.75) is 39.2 Å². The highest BCUT2D eigenvalue weighted by atomic mass is 16.3. The third kappa shape index (κ3) is 4.37. The Morgan fingerprint density at radius 1 is 1.33 bits per heavy atom. The van der Waals surface area contributed by atoms with E-state index in [1.54, 1.807) is 0 Å². The van der Waals surface area contributed by atoms with Crippen LogP contribution in [0.15, 0.2) is 24.3 Å². The van der Waals surface area contributed by atoms with Crippen LogP contribution in [0.4, 0.5) is 10.5 Å². The zero-order chi connectivity index (χ0) is 13.6. The molecule has 0 aromatic heterocycles. The van der Waals surface area contributed by atoms with E-state index in [-0.39, 0.29) is 12.6 Å². The highest BCUT2D eigenvalue weighted by Crippen LogP contribution is 2.13. The molecule has 0 bridgehead atoms. The molecule has 100 valence electrons.